The van der Waals surface area contributed by atoms with Crippen molar-refractivity contribution in [1.29, 1.82) is 0 Å². The summed E-state index contributed by atoms with van der Waals surface area (Å²) in [6.45, 7) is 8.71. The number of anilines is 1. The van der Waals surface area contributed by atoms with E-state index in [0.717, 1.165) is 28.1 Å². The molecule has 2 unspecified atom stereocenters. The van der Waals surface area contributed by atoms with Crippen LogP contribution in [0.25, 0.3) is 0 Å². The van der Waals surface area contributed by atoms with Gasteiger partial charge in [0.15, 0.2) is 0 Å². The molecule has 2 amide bonds. The van der Waals surface area contributed by atoms with Gasteiger partial charge in [0.1, 0.15) is 12.6 Å². The zero-order chi connectivity index (χ0) is 25.6. The Morgan fingerprint density at radius 3 is 2.15 bits per heavy atom. The van der Waals surface area contributed by atoms with E-state index in [0.29, 0.717) is 16.3 Å². The first-order valence-corrected chi connectivity index (χ1v) is 13.5. The number of carbonyl (C=O) groups is 2. The summed E-state index contributed by atoms with van der Waals surface area (Å²) < 4.78 is 26.6. The molecule has 1 N–H and O–H groups in total. The highest BCUT2D eigenvalue weighted by atomic mass is 35.5. The first-order valence-electron chi connectivity index (χ1n) is 11.2. The van der Waals surface area contributed by atoms with E-state index in [4.69, 9.17) is 11.6 Å². The van der Waals surface area contributed by atoms with E-state index in [-0.39, 0.29) is 18.5 Å². The van der Waals surface area contributed by atoms with Gasteiger partial charge in [0.25, 0.3) is 0 Å². The molecule has 0 heterocycles. The van der Waals surface area contributed by atoms with Crippen LogP contribution in [0.5, 0.6) is 0 Å². The number of amides is 2. The van der Waals surface area contributed by atoms with E-state index < -0.39 is 28.5 Å². The number of para-hydroxylation sites is 1. The Morgan fingerprint density at radius 2 is 1.62 bits per heavy atom. The van der Waals surface area contributed by atoms with E-state index in [9.17, 15) is 18.0 Å². The summed E-state index contributed by atoms with van der Waals surface area (Å²) in [4.78, 5) is 27.9. The molecule has 9 heteroatoms. The van der Waals surface area contributed by atoms with Crippen LogP contribution in [0.4, 0.5) is 5.69 Å². The first kappa shape index (κ1) is 27.7. The Hall–Kier alpha value is -2.58. The Bertz CT molecular complexity index is 1120. The maximum atomic E-state index is 13.6. The summed E-state index contributed by atoms with van der Waals surface area (Å²) >= 11 is 6.34. The molecule has 2 aromatic carbocycles. The van der Waals surface area contributed by atoms with Gasteiger partial charge in [-0.1, -0.05) is 54.9 Å². The minimum Gasteiger partial charge on any atom is -0.352 e. The third kappa shape index (κ3) is 6.96. The van der Waals surface area contributed by atoms with Crippen LogP contribution in [-0.4, -0.2) is 50.0 Å². The van der Waals surface area contributed by atoms with Crippen molar-refractivity contribution in [2.24, 2.45) is 0 Å². The van der Waals surface area contributed by atoms with Crippen LogP contribution in [-0.2, 0) is 26.2 Å². The Morgan fingerprint density at radius 1 is 1.03 bits per heavy atom. The second-order valence-corrected chi connectivity index (χ2v) is 10.9. The molecule has 0 fully saturated rings. The predicted molar refractivity (Wildman–Crippen MR) is 137 cm³/mol. The van der Waals surface area contributed by atoms with Gasteiger partial charge < -0.3 is 10.2 Å². The van der Waals surface area contributed by atoms with Crippen molar-refractivity contribution in [2.45, 2.75) is 59.7 Å². The van der Waals surface area contributed by atoms with E-state index in [1.54, 1.807) is 57.2 Å². The maximum absolute atomic E-state index is 13.6. The molecule has 0 aliphatic carbocycles. The Kier molecular flexibility index (Phi) is 9.53. The molecule has 34 heavy (non-hydrogen) atoms. The van der Waals surface area contributed by atoms with E-state index >= 15 is 0 Å². The lowest BCUT2D eigenvalue weighted by Gasteiger charge is -2.33. The van der Waals surface area contributed by atoms with E-state index in [2.05, 4.69) is 5.32 Å². The molecule has 0 aliphatic rings. The fourth-order valence-electron chi connectivity index (χ4n) is 3.63. The summed E-state index contributed by atoms with van der Waals surface area (Å²) in [5.41, 5.74) is 2.60. The first-order chi connectivity index (χ1) is 15.9. The zero-order valence-electron chi connectivity index (χ0n) is 20.6. The highest BCUT2D eigenvalue weighted by molar-refractivity contribution is 7.92. The summed E-state index contributed by atoms with van der Waals surface area (Å²) in [6, 6.07) is 11.6. The van der Waals surface area contributed by atoms with Crippen molar-refractivity contribution in [3.8, 4) is 0 Å². The number of benzene rings is 2. The second kappa shape index (κ2) is 11.7. The van der Waals surface area contributed by atoms with Crippen molar-refractivity contribution >= 4 is 39.1 Å². The fraction of sp³-hybridized carbons (Fsp3) is 0.440. The predicted octanol–water partition coefficient (Wildman–Crippen LogP) is 4.05. The smallest absolute Gasteiger partial charge is 0.244 e. The highest BCUT2D eigenvalue weighted by Crippen LogP contribution is 2.27. The molecule has 186 valence electrons. The topological polar surface area (TPSA) is 86.8 Å². The molecule has 7 nitrogen and oxygen atoms in total. The lowest BCUT2D eigenvalue weighted by atomic mass is 10.1. The molecule has 0 saturated carbocycles. The number of carbonyl (C=O) groups excluding carboxylic acids is 2. The minimum atomic E-state index is -3.78. The number of hydrogen-bond acceptors (Lipinski definition) is 4. The van der Waals surface area contributed by atoms with Crippen LogP contribution in [0, 0.1) is 13.8 Å². The number of aryl methyl sites for hydroxylation is 2. The van der Waals surface area contributed by atoms with Crippen LogP contribution in [0.2, 0.25) is 5.02 Å². The van der Waals surface area contributed by atoms with Gasteiger partial charge in [0.2, 0.25) is 21.8 Å². The molecular formula is C25H34ClN3O4S. The molecular weight excluding hydrogens is 474 g/mol. The van der Waals surface area contributed by atoms with Crippen LogP contribution in [0.3, 0.4) is 0 Å². The lowest BCUT2D eigenvalue weighted by molar-refractivity contribution is -0.139. The van der Waals surface area contributed by atoms with Gasteiger partial charge in [0.05, 0.1) is 11.9 Å². The molecule has 2 aromatic rings. The summed E-state index contributed by atoms with van der Waals surface area (Å²) in [5.74, 6) is -0.812. The quantitative estimate of drug-likeness (QED) is 0.525. The number of rotatable bonds is 10. The monoisotopic (exact) mass is 507 g/mol. The molecule has 0 aromatic heterocycles. The molecule has 0 aliphatic heterocycles. The summed E-state index contributed by atoms with van der Waals surface area (Å²) in [5, 5.41) is 3.36. The fourth-order valence-corrected chi connectivity index (χ4v) is 4.79. The van der Waals surface area contributed by atoms with Crippen LogP contribution in [0.1, 0.15) is 43.9 Å². The number of nitrogens with zero attached hydrogens (tertiary/aromatic N) is 2. The van der Waals surface area contributed by atoms with Gasteiger partial charge in [0, 0.05) is 17.6 Å². The van der Waals surface area contributed by atoms with Gasteiger partial charge in [-0.2, -0.15) is 0 Å². The van der Waals surface area contributed by atoms with Crippen molar-refractivity contribution in [3.63, 3.8) is 0 Å². The second-order valence-electron chi connectivity index (χ2n) is 8.62. The van der Waals surface area contributed by atoms with Crippen LogP contribution in [0.15, 0.2) is 42.5 Å². The molecule has 0 radical (unpaired) electrons. The standard InChI is InChI=1S/C25H34ClN3O4S/c1-7-19(4)27-25(31)20(5)28(15-21-13-8-9-14-22(21)26)23(30)16-29(34(6,32)33)24-17(2)11-10-12-18(24)3/h8-14,19-20H,7,15-16H2,1-6H3,(H,27,31). The molecule has 0 spiro atoms. The third-order valence-corrected chi connectivity index (χ3v) is 7.32. The lowest BCUT2D eigenvalue weighted by Crippen LogP contribution is -2.52. The molecule has 0 bridgehead atoms. The maximum Gasteiger partial charge on any atom is 0.244 e. The Balaban J connectivity index is 2.46. The Labute approximate surface area is 208 Å². The van der Waals surface area contributed by atoms with E-state index in [1.165, 1.54) is 4.90 Å². The van der Waals surface area contributed by atoms with Gasteiger partial charge >= 0.3 is 0 Å². The third-order valence-electron chi connectivity index (χ3n) is 5.83. The highest BCUT2D eigenvalue weighted by Gasteiger charge is 2.31. The number of sulfonamides is 1. The number of halogens is 1. The SMILES string of the molecule is CCC(C)NC(=O)C(C)N(Cc1ccccc1Cl)C(=O)CN(c1c(C)cccc1C)S(C)(=O)=O. The molecule has 2 atom stereocenters. The van der Waals surface area contributed by atoms with Crippen LogP contribution < -0.4 is 9.62 Å². The van der Waals surface area contributed by atoms with Gasteiger partial charge in [-0.25, -0.2) is 8.42 Å². The molecule has 2 rings (SSSR count). The number of hydrogen-bond donors (Lipinski definition) is 1. The largest absolute Gasteiger partial charge is 0.352 e. The summed E-state index contributed by atoms with van der Waals surface area (Å²) in [6.07, 6.45) is 1.81. The number of nitrogens with one attached hydrogen (secondary N) is 1. The normalized spacial score (nSPS) is 13.1. The van der Waals surface area contributed by atoms with E-state index in [1.807, 2.05) is 19.9 Å². The van der Waals surface area contributed by atoms with Gasteiger partial charge in [-0.15, -0.1) is 0 Å². The van der Waals surface area contributed by atoms with Crippen molar-refractivity contribution in [2.75, 3.05) is 17.1 Å². The van der Waals surface area contributed by atoms with Crippen molar-refractivity contribution in [3.05, 3.63) is 64.2 Å². The molecule has 0 saturated heterocycles. The van der Waals surface area contributed by atoms with Gasteiger partial charge in [-0.3, -0.25) is 13.9 Å². The zero-order valence-corrected chi connectivity index (χ0v) is 22.2. The average molecular weight is 508 g/mol. The van der Waals surface area contributed by atoms with Crippen molar-refractivity contribution < 1.29 is 18.0 Å². The van der Waals surface area contributed by atoms with Gasteiger partial charge in [-0.05, 0) is 56.9 Å². The van der Waals surface area contributed by atoms with Crippen molar-refractivity contribution in [1.82, 2.24) is 10.2 Å². The average Bonchev–Trinajstić information content (AvgIpc) is 2.76. The van der Waals surface area contributed by atoms with Crippen LogP contribution >= 0.6 is 11.6 Å². The minimum absolute atomic E-state index is 0.0608. The summed E-state index contributed by atoms with van der Waals surface area (Å²) in [7, 11) is -3.78.